The van der Waals surface area contributed by atoms with Gasteiger partial charge in [-0.2, -0.15) is 5.26 Å². The van der Waals surface area contributed by atoms with Gasteiger partial charge < -0.3 is 5.32 Å². The van der Waals surface area contributed by atoms with Crippen LogP contribution in [0.25, 0.3) is 0 Å². The third kappa shape index (κ3) is 4.44. The van der Waals surface area contributed by atoms with Crippen molar-refractivity contribution in [3.8, 4) is 6.07 Å². The van der Waals surface area contributed by atoms with Gasteiger partial charge in [-0.05, 0) is 50.8 Å². The summed E-state index contributed by atoms with van der Waals surface area (Å²) >= 11 is 1.38. The lowest BCUT2D eigenvalue weighted by atomic mass is 10.1. The zero-order chi connectivity index (χ0) is 19.3. The molecule has 1 amide bonds. The van der Waals surface area contributed by atoms with Crippen LogP contribution in [0.15, 0.2) is 35.4 Å². The molecule has 2 atom stereocenters. The zero-order valence-corrected chi connectivity index (χ0v) is 16.8. The van der Waals surface area contributed by atoms with E-state index in [1.807, 2.05) is 65.0 Å². The van der Waals surface area contributed by atoms with Crippen molar-refractivity contribution in [3.63, 3.8) is 0 Å². The number of benzene rings is 1. The van der Waals surface area contributed by atoms with E-state index in [4.69, 9.17) is 0 Å². The van der Waals surface area contributed by atoms with Gasteiger partial charge in [0.25, 0.3) is 0 Å². The number of aromatic nitrogens is 1. The van der Waals surface area contributed by atoms with E-state index in [0.29, 0.717) is 17.0 Å². The molecule has 1 N–H and O–H groups in total. The number of hydrogen-bond acceptors (Lipinski definition) is 4. The third-order valence-electron chi connectivity index (χ3n) is 4.65. The first-order valence-corrected chi connectivity index (χ1v) is 9.66. The van der Waals surface area contributed by atoms with Crippen molar-refractivity contribution in [1.82, 2.24) is 10.3 Å². The van der Waals surface area contributed by atoms with Crippen LogP contribution < -0.4 is 5.32 Å². The van der Waals surface area contributed by atoms with Crippen LogP contribution in [0.1, 0.15) is 54.3 Å². The molecule has 0 bridgehead atoms. The highest BCUT2D eigenvalue weighted by Crippen LogP contribution is 2.31. The Balaban J connectivity index is 2.19. The fourth-order valence-electron chi connectivity index (χ4n) is 2.72. The Kier molecular flexibility index (Phi) is 6.82. The summed E-state index contributed by atoms with van der Waals surface area (Å²) in [6.07, 6.45) is 0.663. The molecular formula is C21H25N3OS. The lowest BCUT2D eigenvalue weighted by Crippen LogP contribution is -2.34. The molecular weight excluding hydrogens is 342 g/mol. The van der Waals surface area contributed by atoms with E-state index < -0.39 is 0 Å². The van der Waals surface area contributed by atoms with Gasteiger partial charge in [0.1, 0.15) is 11.1 Å². The van der Waals surface area contributed by atoms with Crippen LogP contribution in [0.3, 0.4) is 0 Å². The Morgan fingerprint density at radius 1 is 1.23 bits per heavy atom. The summed E-state index contributed by atoms with van der Waals surface area (Å²) in [5.74, 6) is -0.0320. The summed E-state index contributed by atoms with van der Waals surface area (Å²) in [4.78, 5) is 17.3. The number of nitrogens with zero attached hydrogens (tertiary/aromatic N) is 2. The smallest absolute Gasteiger partial charge is 0.234 e. The Labute approximate surface area is 160 Å². The molecule has 0 radical (unpaired) electrons. The van der Waals surface area contributed by atoms with E-state index in [-0.39, 0.29) is 17.2 Å². The Bertz CT molecular complexity index is 827. The van der Waals surface area contributed by atoms with Crippen LogP contribution in [-0.2, 0) is 4.79 Å². The van der Waals surface area contributed by atoms with Crippen LogP contribution in [-0.4, -0.2) is 16.1 Å². The van der Waals surface area contributed by atoms with Gasteiger partial charge in [0, 0.05) is 5.69 Å². The maximum absolute atomic E-state index is 12.8. The molecule has 2 aromatic rings. The van der Waals surface area contributed by atoms with Gasteiger partial charge >= 0.3 is 0 Å². The molecule has 0 aliphatic rings. The molecule has 0 aliphatic carbocycles. The number of amides is 1. The SMILES string of the molecule is CC[C@H](Sc1nc(C)c(C)c(C)c1C#N)C(=O)N[C@H](C)c1ccccc1. The van der Waals surface area contributed by atoms with E-state index >= 15 is 0 Å². The predicted octanol–water partition coefficient (Wildman–Crippen LogP) is 4.63. The van der Waals surface area contributed by atoms with E-state index in [2.05, 4.69) is 16.4 Å². The van der Waals surface area contributed by atoms with Crippen molar-refractivity contribution in [3.05, 3.63) is 58.3 Å². The van der Waals surface area contributed by atoms with Gasteiger partial charge in [-0.25, -0.2) is 4.98 Å². The van der Waals surface area contributed by atoms with Crippen LogP contribution in [0.4, 0.5) is 0 Å². The number of nitrogens with one attached hydrogen (secondary N) is 1. The molecule has 0 saturated carbocycles. The number of carbonyl (C=O) groups excluding carboxylic acids is 1. The summed E-state index contributed by atoms with van der Waals surface area (Å²) < 4.78 is 0. The van der Waals surface area contributed by atoms with Crippen molar-refractivity contribution in [2.75, 3.05) is 0 Å². The molecule has 0 fully saturated rings. The fourth-order valence-corrected chi connectivity index (χ4v) is 3.83. The summed E-state index contributed by atoms with van der Waals surface area (Å²) in [7, 11) is 0. The molecule has 1 aromatic heterocycles. The average molecular weight is 368 g/mol. The Hall–Kier alpha value is -2.32. The first kappa shape index (κ1) is 20.0. The van der Waals surface area contributed by atoms with Gasteiger partial charge in [0.05, 0.1) is 16.9 Å². The minimum Gasteiger partial charge on any atom is -0.349 e. The largest absolute Gasteiger partial charge is 0.349 e. The van der Waals surface area contributed by atoms with E-state index in [9.17, 15) is 10.1 Å². The molecule has 0 unspecified atom stereocenters. The highest BCUT2D eigenvalue weighted by Gasteiger charge is 2.23. The van der Waals surface area contributed by atoms with Crippen LogP contribution in [0.5, 0.6) is 0 Å². The lowest BCUT2D eigenvalue weighted by Gasteiger charge is -2.20. The summed E-state index contributed by atoms with van der Waals surface area (Å²) in [5.41, 5.74) is 4.51. The van der Waals surface area contributed by atoms with Gasteiger partial charge in [0.15, 0.2) is 0 Å². The molecule has 1 heterocycles. The van der Waals surface area contributed by atoms with E-state index in [1.165, 1.54) is 11.8 Å². The van der Waals surface area contributed by atoms with Crippen molar-refractivity contribution in [2.45, 2.75) is 57.4 Å². The number of rotatable bonds is 6. The molecule has 0 spiro atoms. The molecule has 2 rings (SSSR count). The van der Waals surface area contributed by atoms with Crippen molar-refractivity contribution in [1.29, 1.82) is 5.26 Å². The first-order valence-electron chi connectivity index (χ1n) is 8.78. The summed E-state index contributed by atoms with van der Waals surface area (Å²) in [6, 6.07) is 12.1. The molecule has 0 aliphatic heterocycles. The molecule has 1 aromatic carbocycles. The topological polar surface area (TPSA) is 65.8 Å². The van der Waals surface area contributed by atoms with Crippen molar-refractivity contribution in [2.24, 2.45) is 0 Å². The monoisotopic (exact) mass is 367 g/mol. The molecule has 0 saturated heterocycles. The van der Waals surface area contributed by atoms with Gasteiger partial charge in [-0.15, -0.1) is 0 Å². The van der Waals surface area contributed by atoms with E-state index in [0.717, 1.165) is 22.4 Å². The minimum absolute atomic E-state index is 0.0320. The second kappa shape index (κ2) is 8.86. The number of hydrogen-bond donors (Lipinski definition) is 1. The number of aryl methyl sites for hydroxylation is 1. The first-order chi connectivity index (χ1) is 12.4. The molecule has 4 nitrogen and oxygen atoms in total. The second-order valence-electron chi connectivity index (χ2n) is 6.39. The molecule has 136 valence electrons. The second-order valence-corrected chi connectivity index (χ2v) is 7.59. The highest BCUT2D eigenvalue weighted by atomic mass is 32.2. The number of nitriles is 1. The standard InChI is InChI=1S/C21H25N3OS/c1-6-19(20(25)23-16(5)17-10-8-7-9-11-17)26-21-18(12-22)14(3)13(2)15(4)24-21/h7-11,16,19H,6H2,1-5H3,(H,23,25)/t16-,19+/m1/s1. The van der Waals surface area contributed by atoms with Crippen LogP contribution in [0, 0.1) is 32.1 Å². The fraction of sp³-hybridized carbons (Fsp3) is 0.381. The molecule has 26 heavy (non-hydrogen) atoms. The third-order valence-corrected chi connectivity index (χ3v) is 6.00. The average Bonchev–Trinajstić information content (AvgIpc) is 2.64. The zero-order valence-electron chi connectivity index (χ0n) is 16.0. The molecule has 5 heteroatoms. The summed E-state index contributed by atoms with van der Waals surface area (Å²) in [6.45, 7) is 9.80. The summed E-state index contributed by atoms with van der Waals surface area (Å²) in [5, 5.41) is 13.0. The predicted molar refractivity (Wildman–Crippen MR) is 106 cm³/mol. The highest BCUT2D eigenvalue weighted by molar-refractivity contribution is 8.00. The van der Waals surface area contributed by atoms with Crippen molar-refractivity contribution < 1.29 is 4.79 Å². The van der Waals surface area contributed by atoms with E-state index in [1.54, 1.807) is 0 Å². The van der Waals surface area contributed by atoms with Crippen LogP contribution >= 0.6 is 11.8 Å². The minimum atomic E-state index is -0.290. The van der Waals surface area contributed by atoms with Crippen molar-refractivity contribution >= 4 is 17.7 Å². The maximum atomic E-state index is 12.8. The lowest BCUT2D eigenvalue weighted by molar-refractivity contribution is -0.121. The number of thioether (sulfide) groups is 1. The van der Waals surface area contributed by atoms with Gasteiger partial charge in [-0.3, -0.25) is 4.79 Å². The maximum Gasteiger partial charge on any atom is 0.234 e. The van der Waals surface area contributed by atoms with Gasteiger partial charge in [0.2, 0.25) is 5.91 Å². The quantitative estimate of drug-likeness (QED) is 0.756. The number of pyridine rings is 1. The Morgan fingerprint density at radius 2 is 1.88 bits per heavy atom. The number of carbonyl (C=O) groups is 1. The van der Waals surface area contributed by atoms with Gasteiger partial charge in [-0.1, -0.05) is 49.0 Å². The van der Waals surface area contributed by atoms with Crippen LogP contribution in [0.2, 0.25) is 0 Å². The Morgan fingerprint density at radius 3 is 2.46 bits per heavy atom. The normalized spacial score (nSPS) is 12.9.